The lowest BCUT2D eigenvalue weighted by Gasteiger charge is -2.42. The summed E-state index contributed by atoms with van der Waals surface area (Å²) in [6.07, 6.45) is 1.51. The first-order chi connectivity index (χ1) is 9.81. The second-order valence-corrected chi connectivity index (χ2v) is 6.66. The monoisotopic (exact) mass is 314 g/mol. The largest absolute Gasteiger partial charge is 0.342 e. The number of piperazine rings is 1. The van der Waals surface area contributed by atoms with E-state index in [4.69, 9.17) is 11.6 Å². The van der Waals surface area contributed by atoms with E-state index in [1.165, 1.54) is 5.54 Å². The molecule has 3 unspecified atom stereocenters. The topological polar surface area (TPSA) is 49.4 Å². The van der Waals surface area contributed by atoms with E-state index in [2.05, 4.69) is 19.2 Å². The molecule has 0 bridgehead atoms. The van der Waals surface area contributed by atoms with E-state index in [9.17, 15) is 9.59 Å². The first-order valence-electron chi connectivity index (χ1n) is 7.68. The second kappa shape index (κ2) is 7.83. The Balaban J connectivity index is 3.04. The molecule has 1 fully saturated rings. The predicted molar refractivity (Wildman–Crippen MR) is 86.0 cm³/mol. The number of hydrogen-bond donors (Lipinski definition) is 1. The van der Waals surface area contributed by atoms with E-state index in [-0.39, 0.29) is 17.7 Å². The molecule has 0 aromatic rings. The Kier molecular flexibility index (Phi) is 6.72. The molecule has 2 amide bonds. The molecule has 1 aliphatic heterocycles. The maximum absolute atomic E-state index is 12.7. The Bertz CT molecular complexity index is 421. The van der Waals surface area contributed by atoms with Gasteiger partial charge in [0.2, 0.25) is 11.8 Å². The molecule has 120 valence electrons. The van der Waals surface area contributed by atoms with Crippen LogP contribution in [0.4, 0.5) is 0 Å². The molecule has 1 N–H and O–H groups in total. The van der Waals surface area contributed by atoms with Crippen LogP contribution >= 0.6 is 11.6 Å². The van der Waals surface area contributed by atoms with Crippen molar-refractivity contribution >= 4 is 23.4 Å². The number of halogens is 1. The minimum Gasteiger partial charge on any atom is -0.342 e. The van der Waals surface area contributed by atoms with Gasteiger partial charge in [0.1, 0.15) is 12.1 Å². The fourth-order valence-electron chi connectivity index (χ4n) is 2.70. The summed E-state index contributed by atoms with van der Waals surface area (Å²) in [7, 11) is 0. The molecule has 1 rings (SSSR count). The molecule has 5 heteroatoms. The second-order valence-electron chi connectivity index (χ2n) is 6.44. The summed E-state index contributed by atoms with van der Waals surface area (Å²) in [6, 6.07) is -0.821. The first kappa shape index (κ1) is 18.0. The van der Waals surface area contributed by atoms with Crippen LogP contribution in [0.5, 0.6) is 0 Å². The van der Waals surface area contributed by atoms with Crippen LogP contribution in [0.15, 0.2) is 11.1 Å². The average molecular weight is 315 g/mol. The Labute approximate surface area is 132 Å². The highest BCUT2D eigenvalue weighted by Crippen LogP contribution is 2.23. The van der Waals surface area contributed by atoms with Crippen molar-refractivity contribution in [2.24, 2.45) is 11.8 Å². The van der Waals surface area contributed by atoms with Gasteiger partial charge >= 0.3 is 0 Å². The molecular weight excluding hydrogens is 288 g/mol. The van der Waals surface area contributed by atoms with Crippen LogP contribution in [0.3, 0.4) is 0 Å². The normalized spacial score (nSPS) is 25.3. The Morgan fingerprint density at radius 3 is 2.48 bits per heavy atom. The van der Waals surface area contributed by atoms with E-state index in [0.717, 1.165) is 12.0 Å². The highest BCUT2D eigenvalue weighted by molar-refractivity contribution is 6.25. The summed E-state index contributed by atoms with van der Waals surface area (Å²) in [5.74, 6) is 0.437. The Morgan fingerprint density at radius 2 is 2.00 bits per heavy atom. The molecular formula is C16H27ClN2O2. The van der Waals surface area contributed by atoms with Gasteiger partial charge in [-0.15, -0.1) is 0 Å². The lowest BCUT2D eigenvalue weighted by atomic mass is 9.91. The van der Waals surface area contributed by atoms with Crippen LogP contribution in [0, 0.1) is 11.8 Å². The van der Waals surface area contributed by atoms with Crippen molar-refractivity contribution in [1.82, 2.24) is 10.2 Å². The average Bonchev–Trinajstić information content (AvgIpc) is 2.42. The quantitative estimate of drug-likeness (QED) is 0.819. The summed E-state index contributed by atoms with van der Waals surface area (Å²) in [5.41, 5.74) is 2.36. The van der Waals surface area contributed by atoms with Crippen molar-refractivity contribution in [2.45, 2.75) is 59.5 Å². The third-order valence-corrected chi connectivity index (χ3v) is 4.37. The molecule has 0 aliphatic carbocycles. The number of nitrogens with one attached hydrogen (secondary N) is 1. The third kappa shape index (κ3) is 4.47. The SMILES string of the molecule is CCC(C)C1C(=O)NC(CC(C)C)C(=O)N1CC(C)=CCl. The molecule has 1 saturated heterocycles. The summed E-state index contributed by atoms with van der Waals surface area (Å²) < 4.78 is 0. The summed E-state index contributed by atoms with van der Waals surface area (Å²) in [6.45, 7) is 10.4. The Morgan fingerprint density at radius 1 is 1.38 bits per heavy atom. The standard InChI is InChI=1S/C16H27ClN2O2/c1-6-12(5)14-15(20)18-13(7-10(2)3)16(21)19(14)9-11(4)8-17/h8,10,12-14H,6-7,9H2,1-5H3,(H,18,20). The third-order valence-electron chi connectivity index (χ3n) is 4.00. The van der Waals surface area contributed by atoms with Crippen molar-refractivity contribution in [1.29, 1.82) is 0 Å². The number of carbonyl (C=O) groups excluding carboxylic acids is 2. The van der Waals surface area contributed by atoms with Crippen LogP contribution in [-0.2, 0) is 9.59 Å². The molecule has 4 nitrogen and oxygen atoms in total. The van der Waals surface area contributed by atoms with Gasteiger partial charge in [0.05, 0.1) is 0 Å². The Hall–Kier alpha value is -1.03. The minimum absolute atomic E-state index is 0.00599. The molecule has 0 aromatic heterocycles. The van der Waals surface area contributed by atoms with E-state index >= 15 is 0 Å². The zero-order chi connectivity index (χ0) is 16.2. The number of carbonyl (C=O) groups is 2. The van der Waals surface area contributed by atoms with Gasteiger partial charge in [-0.3, -0.25) is 9.59 Å². The van der Waals surface area contributed by atoms with Gasteiger partial charge in [0.15, 0.2) is 0 Å². The molecule has 21 heavy (non-hydrogen) atoms. The van der Waals surface area contributed by atoms with Gasteiger partial charge in [0.25, 0.3) is 0 Å². The molecule has 0 saturated carbocycles. The predicted octanol–water partition coefficient (Wildman–Crippen LogP) is 2.92. The molecule has 1 heterocycles. The van der Waals surface area contributed by atoms with Crippen molar-refractivity contribution < 1.29 is 9.59 Å². The van der Waals surface area contributed by atoms with Gasteiger partial charge < -0.3 is 10.2 Å². The van der Waals surface area contributed by atoms with Crippen LogP contribution < -0.4 is 5.32 Å². The molecule has 3 atom stereocenters. The zero-order valence-electron chi connectivity index (χ0n) is 13.6. The van der Waals surface area contributed by atoms with E-state index in [1.807, 2.05) is 20.8 Å². The number of nitrogens with zero attached hydrogens (tertiary/aromatic N) is 1. The minimum atomic E-state index is -0.416. The van der Waals surface area contributed by atoms with Gasteiger partial charge in [-0.25, -0.2) is 0 Å². The van der Waals surface area contributed by atoms with Crippen molar-refractivity contribution in [3.8, 4) is 0 Å². The lowest BCUT2D eigenvalue weighted by molar-refractivity contribution is -0.151. The zero-order valence-corrected chi connectivity index (χ0v) is 14.4. The lowest BCUT2D eigenvalue weighted by Crippen LogP contribution is -2.65. The van der Waals surface area contributed by atoms with Crippen molar-refractivity contribution in [2.75, 3.05) is 6.54 Å². The van der Waals surface area contributed by atoms with Crippen molar-refractivity contribution in [3.63, 3.8) is 0 Å². The molecule has 0 radical (unpaired) electrons. The highest BCUT2D eigenvalue weighted by atomic mass is 35.5. The summed E-state index contributed by atoms with van der Waals surface area (Å²) in [4.78, 5) is 26.9. The number of amides is 2. The first-order valence-corrected chi connectivity index (χ1v) is 8.12. The van der Waals surface area contributed by atoms with Gasteiger partial charge in [0, 0.05) is 12.1 Å². The van der Waals surface area contributed by atoms with Crippen LogP contribution in [-0.4, -0.2) is 35.3 Å². The van der Waals surface area contributed by atoms with Gasteiger partial charge in [-0.05, 0) is 30.8 Å². The van der Waals surface area contributed by atoms with Crippen LogP contribution in [0.25, 0.3) is 0 Å². The van der Waals surface area contributed by atoms with Crippen LogP contribution in [0.1, 0.15) is 47.5 Å². The van der Waals surface area contributed by atoms with E-state index in [0.29, 0.717) is 18.9 Å². The van der Waals surface area contributed by atoms with Crippen molar-refractivity contribution in [3.05, 3.63) is 11.1 Å². The fraction of sp³-hybridized carbons (Fsp3) is 0.750. The van der Waals surface area contributed by atoms with Gasteiger partial charge in [-0.2, -0.15) is 0 Å². The fourth-order valence-corrected chi connectivity index (χ4v) is 2.77. The highest BCUT2D eigenvalue weighted by Gasteiger charge is 2.42. The van der Waals surface area contributed by atoms with E-state index in [1.54, 1.807) is 4.90 Å². The maximum Gasteiger partial charge on any atom is 0.246 e. The number of rotatable bonds is 6. The molecule has 1 aliphatic rings. The summed E-state index contributed by atoms with van der Waals surface area (Å²) >= 11 is 5.74. The molecule has 0 aromatic carbocycles. The maximum atomic E-state index is 12.7. The number of hydrogen-bond acceptors (Lipinski definition) is 2. The molecule has 0 spiro atoms. The smallest absolute Gasteiger partial charge is 0.246 e. The van der Waals surface area contributed by atoms with Crippen LogP contribution in [0.2, 0.25) is 0 Å². The summed E-state index contributed by atoms with van der Waals surface area (Å²) in [5, 5.41) is 2.90. The van der Waals surface area contributed by atoms with E-state index < -0.39 is 12.1 Å². The van der Waals surface area contributed by atoms with Gasteiger partial charge in [-0.1, -0.05) is 45.7 Å².